The van der Waals surface area contributed by atoms with Crippen LogP contribution in [0.1, 0.15) is 5.69 Å². The molecule has 0 saturated carbocycles. The minimum atomic E-state index is -0.177. The van der Waals surface area contributed by atoms with E-state index in [1.165, 1.54) is 4.57 Å². The number of aryl methyl sites for hydroxylation is 1. The van der Waals surface area contributed by atoms with Gasteiger partial charge in [0, 0.05) is 28.6 Å². The van der Waals surface area contributed by atoms with Crippen molar-refractivity contribution in [1.29, 1.82) is 0 Å². The highest BCUT2D eigenvalue weighted by Gasteiger charge is 2.16. The third kappa shape index (κ3) is 2.55. The largest absolute Gasteiger partial charge is 0.268 e. The fourth-order valence-electron chi connectivity index (χ4n) is 3.41. The van der Waals surface area contributed by atoms with E-state index in [4.69, 9.17) is 0 Å². The quantitative estimate of drug-likeness (QED) is 0.420. The van der Waals surface area contributed by atoms with Gasteiger partial charge in [-0.1, -0.05) is 34.1 Å². The molecule has 5 aromatic rings. The van der Waals surface area contributed by atoms with Gasteiger partial charge in [0.2, 0.25) is 0 Å². The molecule has 0 bridgehead atoms. The first-order valence-corrected chi connectivity index (χ1v) is 9.50. The van der Waals surface area contributed by atoms with Gasteiger partial charge in [-0.15, -0.1) is 0 Å². The first kappa shape index (κ1) is 16.8. The molecule has 6 nitrogen and oxygen atoms in total. The number of hydrogen-bond donors (Lipinski definition) is 0. The molecule has 7 heteroatoms. The summed E-state index contributed by atoms with van der Waals surface area (Å²) in [5, 5.41) is 5.15. The zero-order valence-corrected chi connectivity index (χ0v) is 16.5. The van der Waals surface area contributed by atoms with Crippen molar-refractivity contribution in [3.05, 3.63) is 87.6 Å². The standard InChI is InChI=1S/C21H14BrN5O/c1-13-19(14-5-7-15(22)8-6-14)20-24-12-16-17(27(20)25-13)9-11-26(21(16)28)18-4-2-3-10-23-18/h2-12H,1H3. The minimum absolute atomic E-state index is 0.177. The lowest BCUT2D eigenvalue weighted by atomic mass is 10.1. The smallest absolute Gasteiger partial charge is 0.267 e. The lowest BCUT2D eigenvalue weighted by Crippen LogP contribution is -2.19. The molecular weight excluding hydrogens is 418 g/mol. The predicted molar refractivity (Wildman–Crippen MR) is 112 cm³/mol. The Morgan fingerprint density at radius 3 is 2.57 bits per heavy atom. The summed E-state index contributed by atoms with van der Waals surface area (Å²) in [6, 6.07) is 15.4. The van der Waals surface area contributed by atoms with Gasteiger partial charge in [-0.25, -0.2) is 14.5 Å². The van der Waals surface area contributed by atoms with Crippen LogP contribution < -0.4 is 5.56 Å². The number of rotatable bonds is 2. The zero-order valence-electron chi connectivity index (χ0n) is 14.9. The molecule has 0 aliphatic heterocycles. The van der Waals surface area contributed by atoms with Crippen LogP contribution in [0.2, 0.25) is 0 Å². The van der Waals surface area contributed by atoms with Gasteiger partial charge in [-0.05, 0) is 42.8 Å². The average Bonchev–Trinajstić information content (AvgIpc) is 3.06. The summed E-state index contributed by atoms with van der Waals surface area (Å²) < 4.78 is 4.27. The van der Waals surface area contributed by atoms with Crippen molar-refractivity contribution in [1.82, 2.24) is 24.1 Å². The van der Waals surface area contributed by atoms with E-state index in [1.54, 1.807) is 29.2 Å². The molecule has 28 heavy (non-hydrogen) atoms. The van der Waals surface area contributed by atoms with Crippen LogP contribution in [0.15, 0.2) is 76.4 Å². The maximum atomic E-state index is 13.0. The molecule has 1 aromatic carbocycles. The highest BCUT2D eigenvalue weighted by molar-refractivity contribution is 9.10. The second-order valence-corrected chi connectivity index (χ2v) is 7.35. The first-order chi connectivity index (χ1) is 13.6. The van der Waals surface area contributed by atoms with Gasteiger partial charge < -0.3 is 0 Å². The molecule has 0 amide bonds. The van der Waals surface area contributed by atoms with Crippen molar-refractivity contribution in [2.24, 2.45) is 0 Å². The number of pyridine rings is 2. The van der Waals surface area contributed by atoms with Crippen molar-refractivity contribution in [2.75, 3.05) is 0 Å². The summed E-state index contributed by atoms with van der Waals surface area (Å²) in [6.45, 7) is 1.95. The molecule has 0 radical (unpaired) electrons. The van der Waals surface area contributed by atoms with E-state index in [-0.39, 0.29) is 5.56 Å². The molecule has 4 heterocycles. The van der Waals surface area contributed by atoms with Crippen molar-refractivity contribution >= 4 is 32.5 Å². The van der Waals surface area contributed by atoms with Gasteiger partial charge in [0.15, 0.2) is 5.65 Å². The van der Waals surface area contributed by atoms with E-state index >= 15 is 0 Å². The Bertz CT molecular complexity index is 1390. The lowest BCUT2D eigenvalue weighted by Gasteiger charge is -2.07. The number of benzene rings is 1. The Hall–Kier alpha value is -3.32. The van der Waals surface area contributed by atoms with E-state index in [2.05, 4.69) is 31.0 Å². The van der Waals surface area contributed by atoms with Crippen molar-refractivity contribution in [2.45, 2.75) is 6.92 Å². The molecule has 4 aromatic heterocycles. The highest BCUT2D eigenvalue weighted by Crippen LogP contribution is 2.29. The monoisotopic (exact) mass is 431 g/mol. The van der Waals surface area contributed by atoms with Crippen LogP contribution in [-0.4, -0.2) is 24.1 Å². The maximum Gasteiger partial charge on any atom is 0.267 e. The molecule has 0 fully saturated rings. The molecule has 0 N–H and O–H groups in total. The number of nitrogens with zero attached hydrogens (tertiary/aromatic N) is 5. The number of hydrogen-bond acceptors (Lipinski definition) is 4. The summed E-state index contributed by atoms with van der Waals surface area (Å²) in [7, 11) is 0. The van der Waals surface area contributed by atoms with E-state index < -0.39 is 0 Å². The Balaban J connectivity index is 1.78. The van der Waals surface area contributed by atoms with E-state index in [0.717, 1.165) is 26.9 Å². The SMILES string of the molecule is Cc1nn2c(ncc3c(=O)n(-c4ccccn4)ccc32)c1-c1ccc(Br)cc1. The van der Waals surface area contributed by atoms with Crippen LogP contribution in [0.4, 0.5) is 0 Å². The zero-order chi connectivity index (χ0) is 19.3. The Labute approximate surface area is 168 Å². The van der Waals surface area contributed by atoms with Gasteiger partial charge in [0.05, 0.1) is 16.6 Å². The lowest BCUT2D eigenvalue weighted by molar-refractivity contribution is 0.925. The van der Waals surface area contributed by atoms with Gasteiger partial charge in [0.25, 0.3) is 5.56 Å². The van der Waals surface area contributed by atoms with Gasteiger partial charge in [-0.2, -0.15) is 5.10 Å². The Morgan fingerprint density at radius 1 is 1.00 bits per heavy atom. The Kier molecular flexibility index (Phi) is 3.84. The van der Waals surface area contributed by atoms with E-state index in [1.807, 2.05) is 49.4 Å². The van der Waals surface area contributed by atoms with Crippen molar-refractivity contribution in [3.63, 3.8) is 0 Å². The number of aromatic nitrogens is 5. The second-order valence-electron chi connectivity index (χ2n) is 6.44. The number of fused-ring (bicyclic) bond motifs is 3. The molecule has 0 unspecified atom stereocenters. The van der Waals surface area contributed by atoms with E-state index in [9.17, 15) is 4.79 Å². The predicted octanol–water partition coefficient (Wildman–Crippen LogP) is 4.17. The first-order valence-electron chi connectivity index (χ1n) is 8.70. The van der Waals surface area contributed by atoms with Crippen molar-refractivity contribution < 1.29 is 0 Å². The van der Waals surface area contributed by atoms with Crippen molar-refractivity contribution in [3.8, 4) is 16.9 Å². The van der Waals surface area contributed by atoms with Gasteiger partial charge >= 0.3 is 0 Å². The summed E-state index contributed by atoms with van der Waals surface area (Å²) in [5.74, 6) is 0.571. The van der Waals surface area contributed by atoms with Gasteiger partial charge in [0.1, 0.15) is 5.82 Å². The van der Waals surface area contributed by atoms with Crippen LogP contribution in [0.3, 0.4) is 0 Å². The minimum Gasteiger partial charge on any atom is -0.268 e. The van der Waals surface area contributed by atoms with Gasteiger partial charge in [-0.3, -0.25) is 9.36 Å². The second kappa shape index (κ2) is 6.38. The molecule has 0 saturated heterocycles. The molecule has 0 atom stereocenters. The summed E-state index contributed by atoms with van der Waals surface area (Å²) in [5.41, 5.74) is 4.11. The third-order valence-corrected chi connectivity index (χ3v) is 5.24. The third-order valence-electron chi connectivity index (χ3n) is 4.72. The Morgan fingerprint density at radius 2 is 1.82 bits per heavy atom. The molecule has 0 aliphatic carbocycles. The van der Waals surface area contributed by atoms with Crippen LogP contribution in [0.5, 0.6) is 0 Å². The molecule has 136 valence electrons. The topological polar surface area (TPSA) is 65.1 Å². The molecule has 0 spiro atoms. The summed E-state index contributed by atoms with van der Waals surface area (Å²) >= 11 is 3.46. The average molecular weight is 432 g/mol. The summed E-state index contributed by atoms with van der Waals surface area (Å²) in [4.78, 5) is 21.8. The van der Waals surface area contributed by atoms with Crippen LogP contribution in [0, 0.1) is 6.92 Å². The highest BCUT2D eigenvalue weighted by atomic mass is 79.9. The fourth-order valence-corrected chi connectivity index (χ4v) is 3.67. The molecular formula is C21H14BrN5O. The van der Waals surface area contributed by atoms with Crippen LogP contribution in [-0.2, 0) is 0 Å². The fraction of sp³-hybridized carbons (Fsp3) is 0.0476. The van der Waals surface area contributed by atoms with E-state index in [0.29, 0.717) is 16.7 Å². The van der Waals surface area contributed by atoms with Crippen LogP contribution in [0.25, 0.3) is 33.5 Å². The molecule has 5 rings (SSSR count). The normalized spacial score (nSPS) is 11.4. The summed E-state index contributed by atoms with van der Waals surface area (Å²) in [6.07, 6.45) is 5.01. The number of halogens is 1. The maximum absolute atomic E-state index is 13.0. The molecule has 0 aliphatic rings. The van der Waals surface area contributed by atoms with Crippen LogP contribution >= 0.6 is 15.9 Å².